The Kier molecular flexibility index (Phi) is 42.3. The standard InChI is InChI=1S/C4H5Cl.C4H6.C3H3N/c1-2-3-4-5;1-3-4-2;1-2-3-4/h2-4H,1H2;3-4H,1-2H2;2H,1H2. The van der Waals surface area contributed by atoms with Crippen LogP contribution in [0.1, 0.15) is 0 Å². The van der Waals surface area contributed by atoms with Crippen molar-refractivity contribution in [1.82, 2.24) is 0 Å². The van der Waals surface area contributed by atoms with E-state index in [0.717, 1.165) is 0 Å². The smallest absolute Gasteiger partial charge is 0.0905 e. The van der Waals surface area contributed by atoms with Crippen molar-refractivity contribution in [3.05, 3.63) is 62.2 Å². The van der Waals surface area contributed by atoms with Gasteiger partial charge in [0.05, 0.1) is 6.07 Å². The molecule has 0 atom stereocenters. The van der Waals surface area contributed by atoms with Crippen molar-refractivity contribution in [1.29, 1.82) is 5.26 Å². The van der Waals surface area contributed by atoms with Crippen molar-refractivity contribution >= 4 is 11.6 Å². The van der Waals surface area contributed by atoms with Gasteiger partial charge in [-0.05, 0) is 0 Å². The average Bonchev–Trinajstić information content (AvgIpc) is 2.20. The van der Waals surface area contributed by atoms with Crippen LogP contribution in [0, 0.1) is 11.3 Å². The van der Waals surface area contributed by atoms with Gasteiger partial charge < -0.3 is 0 Å². The topological polar surface area (TPSA) is 23.8 Å². The van der Waals surface area contributed by atoms with Crippen LogP contribution in [0.2, 0.25) is 0 Å². The molecule has 0 radical (unpaired) electrons. The Morgan fingerprint density at radius 2 is 1.38 bits per heavy atom. The predicted octanol–water partition coefficient (Wildman–Crippen LogP) is 3.98. The first kappa shape index (κ1) is 17.5. The van der Waals surface area contributed by atoms with Crippen molar-refractivity contribution in [2.75, 3.05) is 0 Å². The zero-order valence-electron chi connectivity index (χ0n) is 7.62. The summed E-state index contributed by atoms with van der Waals surface area (Å²) in [4.78, 5) is 0. The molecule has 0 saturated carbocycles. The number of nitrogens with zero attached hydrogens (tertiary/aromatic N) is 1. The molecule has 0 aliphatic carbocycles. The second kappa shape index (κ2) is 31.4. The summed E-state index contributed by atoms with van der Waals surface area (Å²) < 4.78 is 0. The lowest BCUT2D eigenvalue weighted by Gasteiger charge is -1.53. The maximum Gasteiger partial charge on any atom is 0.0905 e. The third kappa shape index (κ3) is 123. The van der Waals surface area contributed by atoms with E-state index in [-0.39, 0.29) is 0 Å². The van der Waals surface area contributed by atoms with E-state index in [4.69, 9.17) is 16.9 Å². The monoisotopic (exact) mass is 195 g/mol. The Morgan fingerprint density at radius 3 is 1.38 bits per heavy atom. The van der Waals surface area contributed by atoms with Crippen molar-refractivity contribution in [3.63, 3.8) is 0 Å². The quantitative estimate of drug-likeness (QED) is 0.483. The molecular weight excluding hydrogens is 182 g/mol. The van der Waals surface area contributed by atoms with Crippen LogP contribution in [0.5, 0.6) is 0 Å². The minimum Gasteiger partial charge on any atom is -0.193 e. The molecule has 0 spiro atoms. The number of allylic oxidation sites excluding steroid dienone is 5. The Balaban J connectivity index is -0.000000117. The van der Waals surface area contributed by atoms with Gasteiger partial charge in [-0.2, -0.15) is 5.26 Å². The van der Waals surface area contributed by atoms with Crippen LogP contribution in [0.4, 0.5) is 0 Å². The fraction of sp³-hybridized carbons (Fsp3) is 0. The van der Waals surface area contributed by atoms with E-state index in [1.54, 1.807) is 30.4 Å². The van der Waals surface area contributed by atoms with E-state index in [1.165, 1.54) is 11.6 Å². The number of hydrogen-bond donors (Lipinski definition) is 0. The molecule has 0 aromatic carbocycles. The van der Waals surface area contributed by atoms with Crippen LogP contribution in [0.25, 0.3) is 0 Å². The number of nitriles is 1. The first-order valence-corrected chi connectivity index (χ1v) is 3.80. The zero-order chi connectivity index (χ0) is 10.9. The number of halogens is 1. The van der Waals surface area contributed by atoms with Crippen molar-refractivity contribution in [2.24, 2.45) is 0 Å². The molecule has 2 heteroatoms. The molecule has 0 aliphatic heterocycles. The summed E-state index contributed by atoms with van der Waals surface area (Å²) >= 11 is 5.05. The Hall–Kier alpha value is -1.52. The minimum absolute atomic E-state index is 1.18. The fourth-order valence-electron chi connectivity index (χ4n) is 0.0514. The molecule has 0 rings (SSSR count). The van der Waals surface area contributed by atoms with Crippen molar-refractivity contribution < 1.29 is 0 Å². The molecule has 0 bridgehead atoms. The Bertz CT molecular complexity index is 191. The molecule has 70 valence electrons. The van der Waals surface area contributed by atoms with Gasteiger partial charge in [0.25, 0.3) is 0 Å². The van der Waals surface area contributed by atoms with Gasteiger partial charge in [0.1, 0.15) is 0 Å². The molecule has 0 aromatic heterocycles. The lowest BCUT2D eigenvalue weighted by atomic mass is 10.6. The van der Waals surface area contributed by atoms with Crippen molar-refractivity contribution in [3.8, 4) is 6.07 Å². The molecule has 0 amide bonds. The van der Waals surface area contributed by atoms with Gasteiger partial charge in [0, 0.05) is 11.6 Å². The van der Waals surface area contributed by atoms with Crippen LogP contribution < -0.4 is 0 Å². The summed E-state index contributed by atoms with van der Waals surface area (Å²) in [7, 11) is 0. The second-order valence-electron chi connectivity index (χ2n) is 1.36. The van der Waals surface area contributed by atoms with E-state index < -0.39 is 0 Å². The van der Waals surface area contributed by atoms with E-state index >= 15 is 0 Å². The van der Waals surface area contributed by atoms with E-state index in [1.807, 2.05) is 0 Å². The largest absolute Gasteiger partial charge is 0.193 e. The highest BCUT2D eigenvalue weighted by Gasteiger charge is 1.44. The maximum atomic E-state index is 7.51. The molecule has 1 nitrogen and oxygen atoms in total. The normalized spacial score (nSPS) is 6.15. The summed E-state index contributed by atoms with van der Waals surface area (Å²) in [5, 5.41) is 7.51. The van der Waals surface area contributed by atoms with Crippen LogP contribution in [0.3, 0.4) is 0 Å². The molecular formula is C11H14ClN. The van der Waals surface area contributed by atoms with Crippen molar-refractivity contribution in [2.45, 2.75) is 0 Å². The molecule has 0 aromatic rings. The summed E-state index contributed by atoms with van der Waals surface area (Å²) in [6, 6.07) is 1.69. The van der Waals surface area contributed by atoms with Crippen LogP contribution in [-0.2, 0) is 0 Å². The summed E-state index contributed by atoms with van der Waals surface area (Å²) in [5.74, 6) is 0. The van der Waals surface area contributed by atoms with Gasteiger partial charge in [-0.15, -0.1) is 0 Å². The molecule has 13 heavy (non-hydrogen) atoms. The average molecular weight is 196 g/mol. The minimum atomic E-state index is 1.18. The predicted molar refractivity (Wildman–Crippen MR) is 61.4 cm³/mol. The van der Waals surface area contributed by atoms with E-state index in [0.29, 0.717) is 0 Å². The van der Waals surface area contributed by atoms with Gasteiger partial charge in [-0.3, -0.25) is 0 Å². The van der Waals surface area contributed by atoms with Gasteiger partial charge >= 0.3 is 0 Å². The fourth-order valence-corrected chi connectivity index (χ4v) is 0.154. The molecule has 0 N–H and O–H groups in total. The molecule has 0 heterocycles. The highest BCUT2D eigenvalue weighted by Crippen LogP contribution is 1.74. The molecule has 0 fully saturated rings. The lowest BCUT2D eigenvalue weighted by Crippen LogP contribution is -1.29. The van der Waals surface area contributed by atoms with Crippen LogP contribution in [0.15, 0.2) is 62.2 Å². The SMILES string of the molecule is C=CC#N.C=CC=C.C=CC=CCl. The van der Waals surface area contributed by atoms with Gasteiger partial charge in [-0.1, -0.05) is 62.2 Å². The molecule has 0 saturated heterocycles. The third-order valence-electron chi connectivity index (χ3n) is 0.467. The first-order valence-electron chi connectivity index (χ1n) is 3.36. The van der Waals surface area contributed by atoms with Crippen LogP contribution in [-0.4, -0.2) is 0 Å². The summed E-state index contributed by atoms with van der Waals surface area (Å²) in [5.41, 5.74) is 1.41. The number of rotatable bonds is 2. The maximum absolute atomic E-state index is 7.51. The van der Waals surface area contributed by atoms with Gasteiger partial charge in [0.15, 0.2) is 0 Å². The Labute approximate surface area is 85.6 Å². The first-order chi connectivity index (χ1) is 6.24. The summed E-state index contributed by atoms with van der Waals surface area (Å²) in [6.07, 6.45) is 7.73. The highest BCUT2D eigenvalue weighted by molar-refractivity contribution is 6.25. The Morgan fingerprint density at radius 1 is 1.00 bits per heavy atom. The van der Waals surface area contributed by atoms with Gasteiger partial charge in [0.2, 0.25) is 0 Å². The zero-order valence-corrected chi connectivity index (χ0v) is 8.37. The molecule has 0 unspecified atom stereocenters. The molecule has 0 aliphatic rings. The second-order valence-corrected chi connectivity index (χ2v) is 1.61. The third-order valence-corrected chi connectivity index (χ3v) is 0.612. The van der Waals surface area contributed by atoms with Crippen LogP contribution >= 0.6 is 11.6 Å². The van der Waals surface area contributed by atoms with E-state index in [9.17, 15) is 0 Å². The highest BCUT2D eigenvalue weighted by atomic mass is 35.5. The summed E-state index contributed by atoms with van der Waals surface area (Å²) in [6.45, 7) is 13.2. The number of hydrogen-bond acceptors (Lipinski definition) is 1. The van der Waals surface area contributed by atoms with Gasteiger partial charge in [-0.25, -0.2) is 0 Å². The van der Waals surface area contributed by atoms with E-state index in [2.05, 4.69) is 26.3 Å². The lowest BCUT2D eigenvalue weighted by molar-refractivity contribution is 1.54.